The lowest BCUT2D eigenvalue weighted by atomic mass is 10.1. The lowest BCUT2D eigenvalue weighted by Crippen LogP contribution is -2.43. The van der Waals surface area contributed by atoms with Gasteiger partial charge in [-0.25, -0.2) is 0 Å². The zero-order valence-electron chi connectivity index (χ0n) is 12.4. The molecule has 1 aromatic carbocycles. The van der Waals surface area contributed by atoms with Crippen LogP contribution in [0.2, 0.25) is 0 Å². The molecule has 0 aromatic heterocycles. The van der Waals surface area contributed by atoms with E-state index in [9.17, 15) is 9.59 Å². The molecule has 0 bridgehead atoms. The molecule has 1 heterocycles. The van der Waals surface area contributed by atoms with Crippen LogP contribution in [0.4, 0.5) is 0 Å². The van der Waals surface area contributed by atoms with Crippen molar-refractivity contribution in [3.8, 4) is 5.75 Å². The second-order valence-electron chi connectivity index (χ2n) is 5.18. The van der Waals surface area contributed by atoms with Crippen LogP contribution in [0.15, 0.2) is 24.3 Å². The predicted octanol–water partition coefficient (Wildman–Crippen LogP) is 1.37. The molecule has 1 aromatic rings. The van der Waals surface area contributed by atoms with E-state index in [-0.39, 0.29) is 18.4 Å². The Morgan fingerprint density at radius 1 is 1.33 bits per heavy atom. The van der Waals surface area contributed by atoms with Crippen LogP contribution in [0.25, 0.3) is 0 Å². The monoisotopic (exact) mass is 290 g/mol. The lowest BCUT2D eigenvalue weighted by molar-refractivity contribution is -0.137. The minimum Gasteiger partial charge on any atom is -0.496 e. The summed E-state index contributed by atoms with van der Waals surface area (Å²) in [6.45, 7) is 1.41. The number of likely N-dealkylation sites (tertiary alicyclic amines) is 1. The van der Waals surface area contributed by atoms with E-state index >= 15 is 0 Å². The topological polar surface area (TPSA) is 58.6 Å². The van der Waals surface area contributed by atoms with E-state index in [2.05, 4.69) is 5.32 Å². The molecule has 2 amide bonds. The van der Waals surface area contributed by atoms with Crippen LogP contribution in [0.3, 0.4) is 0 Å². The Bertz CT molecular complexity index is 502. The molecule has 1 saturated heterocycles. The fourth-order valence-electron chi connectivity index (χ4n) is 2.50. The van der Waals surface area contributed by atoms with Crippen LogP contribution < -0.4 is 10.1 Å². The molecule has 0 spiro atoms. The summed E-state index contributed by atoms with van der Waals surface area (Å²) in [6.07, 6.45) is 3.20. The molecular formula is C16H22N2O3. The van der Waals surface area contributed by atoms with Gasteiger partial charge in [-0.3, -0.25) is 9.59 Å². The average molecular weight is 290 g/mol. The smallest absolute Gasteiger partial charge is 0.239 e. The summed E-state index contributed by atoms with van der Waals surface area (Å²) in [5.41, 5.74) is 1.06. The number of amides is 2. The Morgan fingerprint density at radius 2 is 2.14 bits per heavy atom. The third-order valence-corrected chi connectivity index (χ3v) is 3.66. The predicted molar refractivity (Wildman–Crippen MR) is 80.1 cm³/mol. The van der Waals surface area contributed by atoms with E-state index in [1.54, 1.807) is 12.0 Å². The van der Waals surface area contributed by atoms with E-state index in [1.165, 1.54) is 0 Å². The van der Waals surface area contributed by atoms with E-state index in [0.29, 0.717) is 25.9 Å². The summed E-state index contributed by atoms with van der Waals surface area (Å²) in [4.78, 5) is 25.1. The molecule has 1 fully saturated rings. The summed E-state index contributed by atoms with van der Waals surface area (Å²) in [5.74, 6) is 0.819. The third-order valence-electron chi connectivity index (χ3n) is 3.66. The highest BCUT2D eigenvalue weighted by Gasteiger charge is 2.20. The first kappa shape index (κ1) is 15.4. The number of carbonyl (C=O) groups is 2. The fourth-order valence-corrected chi connectivity index (χ4v) is 2.50. The van der Waals surface area contributed by atoms with Crippen molar-refractivity contribution in [2.24, 2.45) is 0 Å². The number of methoxy groups -OCH3 is 1. The van der Waals surface area contributed by atoms with Gasteiger partial charge in [0, 0.05) is 19.5 Å². The number of nitrogens with one attached hydrogen (secondary N) is 1. The number of piperidine rings is 1. The van der Waals surface area contributed by atoms with Gasteiger partial charge < -0.3 is 15.0 Å². The van der Waals surface area contributed by atoms with E-state index in [0.717, 1.165) is 24.2 Å². The number of rotatable bonds is 6. The average Bonchev–Trinajstić information content (AvgIpc) is 2.50. The molecule has 0 saturated carbocycles. The van der Waals surface area contributed by atoms with Crippen LogP contribution in [0, 0.1) is 0 Å². The first-order valence-electron chi connectivity index (χ1n) is 7.37. The highest BCUT2D eigenvalue weighted by atomic mass is 16.5. The lowest BCUT2D eigenvalue weighted by Gasteiger charge is -2.25. The van der Waals surface area contributed by atoms with Crippen molar-refractivity contribution < 1.29 is 14.3 Å². The highest BCUT2D eigenvalue weighted by Crippen LogP contribution is 2.17. The zero-order valence-corrected chi connectivity index (χ0v) is 12.4. The van der Waals surface area contributed by atoms with Crippen molar-refractivity contribution in [3.63, 3.8) is 0 Å². The quantitative estimate of drug-likeness (QED) is 0.861. The Kier molecular flexibility index (Phi) is 5.60. The molecule has 0 atom stereocenters. The van der Waals surface area contributed by atoms with Gasteiger partial charge in [-0.1, -0.05) is 18.2 Å². The van der Waals surface area contributed by atoms with Gasteiger partial charge in [0.25, 0.3) is 0 Å². The van der Waals surface area contributed by atoms with Crippen LogP contribution in [0.5, 0.6) is 5.75 Å². The number of para-hydroxylation sites is 1. The van der Waals surface area contributed by atoms with Crippen molar-refractivity contribution in [3.05, 3.63) is 29.8 Å². The summed E-state index contributed by atoms with van der Waals surface area (Å²) >= 11 is 0. The third kappa shape index (κ3) is 4.48. The molecule has 5 nitrogen and oxygen atoms in total. The van der Waals surface area contributed by atoms with Gasteiger partial charge in [0.05, 0.1) is 13.7 Å². The maximum atomic E-state index is 11.9. The van der Waals surface area contributed by atoms with Crippen molar-refractivity contribution in [1.29, 1.82) is 0 Å². The Hall–Kier alpha value is -2.04. The molecule has 0 aliphatic carbocycles. The van der Waals surface area contributed by atoms with Gasteiger partial charge >= 0.3 is 0 Å². The second kappa shape index (κ2) is 7.67. The molecule has 5 heteroatoms. The number of carbonyl (C=O) groups excluding carboxylic acids is 2. The normalized spacial score (nSPS) is 14.9. The van der Waals surface area contributed by atoms with Gasteiger partial charge in [-0.15, -0.1) is 0 Å². The molecule has 1 N–H and O–H groups in total. The summed E-state index contributed by atoms with van der Waals surface area (Å²) < 4.78 is 5.27. The highest BCUT2D eigenvalue weighted by molar-refractivity contribution is 5.85. The molecular weight excluding hydrogens is 268 g/mol. The standard InChI is InChI=1S/C16H22N2O3/c1-21-14-7-3-2-6-13(14)9-10-17-15(19)12-18-11-5-4-8-16(18)20/h2-3,6-7H,4-5,8-12H2,1H3,(H,17,19). The molecule has 1 aliphatic rings. The first-order valence-corrected chi connectivity index (χ1v) is 7.37. The Balaban J connectivity index is 1.75. The molecule has 1 aliphatic heterocycles. The van der Waals surface area contributed by atoms with Gasteiger partial charge in [-0.05, 0) is 30.9 Å². The maximum absolute atomic E-state index is 11.9. The number of nitrogens with zero attached hydrogens (tertiary/aromatic N) is 1. The number of benzene rings is 1. The molecule has 21 heavy (non-hydrogen) atoms. The van der Waals surface area contributed by atoms with Crippen LogP contribution in [-0.4, -0.2) is 43.5 Å². The fraction of sp³-hybridized carbons (Fsp3) is 0.500. The first-order chi connectivity index (χ1) is 10.2. The van der Waals surface area contributed by atoms with Crippen LogP contribution in [-0.2, 0) is 16.0 Å². The van der Waals surface area contributed by atoms with Gasteiger partial charge in [0.15, 0.2) is 0 Å². The van der Waals surface area contributed by atoms with Crippen molar-refractivity contribution in [2.45, 2.75) is 25.7 Å². The van der Waals surface area contributed by atoms with Gasteiger partial charge in [0.1, 0.15) is 5.75 Å². The summed E-state index contributed by atoms with van der Waals surface area (Å²) in [6, 6.07) is 7.76. The second-order valence-corrected chi connectivity index (χ2v) is 5.18. The number of hydrogen-bond donors (Lipinski definition) is 1. The number of hydrogen-bond acceptors (Lipinski definition) is 3. The SMILES string of the molecule is COc1ccccc1CCNC(=O)CN1CCCCC1=O. The van der Waals surface area contributed by atoms with Gasteiger partial charge in [-0.2, -0.15) is 0 Å². The molecule has 0 radical (unpaired) electrons. The molecule has 0 unspecified atom stereocenters. The van der Waals surface area contributed by atoms with E-state index in [4.69, 9.17) is 4.74 Å². The van der Waals surface area contributed by atoms with Crippen LogP contribution >= 0.6 is 0 Å². The molecule has 2 rings (SSSR count). The Morgan fingerprint density at radius 3 is 2.90 bits per heavy atom. The Labute approximate surface area is 125 Å². The number of ether oxygens (including phenoxy) is 1. The summed E-state index contributed by atoms with van der Waals surface area (Å²) in [7, 11) is 1.64. The summed E-state index contributed by atoms with van der Waals surface area (Å²) in [5, 5.41) is 2.86. The minimum absolute atomic E-state index is 0.0844. The van der Waals surface area contributed by atoms with Crippen LogP contribution in [0.1, 0.15) is 24.8 Å². The largest absolute Gasteiger partial charge is 0.496 e. The van der Waals surface area contributed by atoms with Crippen molar-refractivity contribution in [1.82, 2.24) is 10.2 Å². The van der Waals surface area contributed by atoms with Gasteiger partial charge in [0.2, 0.25) is 11.8 Å². The van der Waals surface area contributed by atoms with E-state index < -0.39 is 0 Å². The molecule has 114 valence electrons. The van der Waals surface area contributed by atoms with Crippen molar-refractivity contribution in [2.75, 3.05) is 26.7 Å². The zero-order chi connectivity index (χ0) is 15.1. The minimum atomic E-state index is -0.0971. The van der Waals surface area contributed by atoms with E-state index in [1.807, 2.05) is 24.3 Å². The van der Waals surface area contributed by atoms with Crippen molar-refractivity contribution >= 4 is 11.8 Å². The maximum Gasteiger partial charge on any atom is 0.239 e.